The molecule has 0 atom stereocenters. The number of rotatable bonds is 6. The molecule has 1 heterocycles. The van der Waals surface area contributed by atoms with E-state index >= 15 is 0 Å². The molecule has 0 spiro atoms. The number of amides is 1. The Kier molecular flexibility index (Phi) is 7.17. The molecule has 1 amide bonds. The highest BCUT2D eigenvalue weighted by Crippen LogP contribution is 2.29. The number of carbonyl (C=O) groups excluding carboxylic acids is 1. The number of nitrogens with zero attached hydrogens (tertiary/aromatic N) is 2. The first-order valence-corrected chi connectivity index (χ1v) is 12.2. The number of hydrogen-bond acceptors (Lipinski definition) is 6. The van der Waals surface area contributed by atoms with Gasteiger partial charge >= 0.3 is 0 Å². The normalized spacial score (nSPS) is 11.2. The molecule has 0 aliphatic carbocycles. The van der Waals surface area contributed by atoms with Gasteiger partial charge in [-0.2, -0.15) is 0 Å². The van der Waals surface area contributed by atoms with E-state index in [1.165, 1.54) is 4.57 Å². The fraction of sp³-hybridized carbons (Fsp3) is 0.200. The van der Waals surface area contributed by atoms with Crippen LogP contribution < -0.4 is 21.9 Å². The molecule has 0 saturated carbocycles. The topological polar surface area (TPSA) is 126 Å². The van der Waals surface area contributed by atoms with Crippen LogP contribution in [-0.4, -0.2) is 21.7 Å². The zero-order valence-electron chi connectivity index (χ0n) is 22.2. The van der Waals surface area contributed by atoms with Crippen molar-refractivity contribution in [2.75, 3.05) is 16.4 Å². The van der Waals surface area contributed by atoms with Gasteiger partial charge in [0.25, 0.3) is 11.5 Å². The van der Waals surface area contributed by atoms with Crippen molar-refractivity contribution in [2.24, 2.45) is 7.05 Å². The second kappa shape index (κ2) is 10.3. The van der Waals surface area contributed by atoms with E-state index in [1.807, 2.05) is 49.4 Å². The monoisotopic (exact) mass is 508 g/mol. The molecule has 8 nitrogen and oxygen atoms in total. The molecule has 0 radical (unpaired) electrons. The van der Waals surface area contributed by atoms with Gasteiger partial charge in [-0.3, -0.25) is 9.59 Å². The number of anilines is 4. The van der Waals surface area contributed by atoms with E-state index in [2.05, 4.69) is 36.4 Å². The van der Waals surface area contributed by atoms with Crippen LogP contribution in [0.1, 0.15) is 47.8 Å². The Labute approximate surface area is 222 Å². The van der Waals surface area contributed by atoms with Gasteiger partial charge in [0.15, 0.2) is 5.82 Å². The van der Waals surface area contributed by atoms with Crippen LogP contribution in [0.15, 0.2) is 71.7 Å². The predicted molar refractivity (Wildman–Crippen MR) is 155 cm³/mol. The maximum absolute atomic E-state index is 13.0. The Morgan fingerprint density at radius 1 is 1.08 bits per heavy atom. The van der Waals surface area contributed by atoms with Crippen LogP contribution in [-0.2, 0) is 12.5 Å². The van der Waals surface area contributed by atoms with Crippen LogP contribution in [0.25, 0.3) is 11.3 Å². The maximum Gasteiger partial charge on any atom is 0.293 e. The third kappa shape index (κ3) is 5.49. The molecule has 5 N–H and O–H groups in total. The van der Waals surface area contributed by atoms with Gasteiger partial charge in [-0.15, -0.1) is 0 Å². The molecular weight excluding hydrogens is 476 g/mol. The van der Waals surface area contributed by atoms with Gasteiger partial charge in [-0.05, 0) is 59.9 Å². The van der Waals surface area contributed by atoms with Crippen molar-refractivity contribution in [3.8, 4) is 11.3 Å². The van der Waals surface area contributed by atoms with E-state index in [4.69, 9.17) is 11.1 Å². The van der Waals surface area contributed by atoms with Gasteiger partial charge in [0, 0.05) is 53.2 Å². The minimum absolute atomic E-state index is 0.00659. The molecule has 194 valence electrons. The van der Waals surface area contributed by atoms with Crippen LogP contribution in [0.5, 0.6) is 0 Å². The molecule has 4 rings (SSSR count). The SMILES string of the molecule is Cc1c(NC(=O)c2ccc(C(C)(C)C)cc2)cccc1-c1cn(C)c(=O)c(Nc2ccc(N)c(C=N)c2)n1. The van der Waals surface area contributed by atoms with E-state index < -0.39 is 0 Å². The average Bonchev–Trinajstić information content (AvgIpc) is 2.88. The van der Waals surface area contributed by atoms with Crippen molar-refractivity contribution in [2.45, 2.75) is 33.1 Å². The summed E-state index contributed by atoms with van der Waals surface area (Å²) in [6.45, 7) is 8.31. The Morgan fingerprint density at radius 3 is 2.45 bits per heavy atom. The number of nitrogen functional groups attached to an aromatic ring is 1. The molecule has 0 fully saturated rings. The summed E-state index contributed by atoms with van der Waals surface area (Å²) in [5.74, 6) is -0.0645. The molecule has 8 heteroatoms. The van der Waals surface area contributed by atoms with Crippen molar-refractivity contribution in [3.05, 3.63) is 99.5 Å². The van der Waals surface area contributed by atoms with Crippen molar-refractivity contribution in [1.29, 1.82) is 5.41 Å². The lowest BCUT2D eigenvalue weighted by molar-refractivity contribution is 0.102. The largest absolute Gasteiger partial charge is 0.398 e. The zero-order valence-corrected chi connectivity index (χ0v) is 22.2. The molecule has 1 aromatic heterocycles. The number of hydrogen-bond donors (Lipinski definition) is 4. The highest BCUT2D eigenvalue weighted by molar-refractivity contribution is 6.05. The molecule has 38 heavy (non-hydrogen) atoms. The molecule has 4 aromatic rings. The van der Waals surface area contributed by atoms with Gasteiger partial charge in [-0.1, -0.05) is 45.0 Å². The van der Waals surface area contributed by atoms with E-state index in [-0.39, 0.29) is 22.7 Å². The van der Waals surface area contributed by atoms with Crippen LogP contribution in [0.4, 0.5) is 22.9 Å². The summed E-state index contributed by atoms with van der Waals surface area (Å²) in [5, 5.41) is 13.6. The van der Waals surface area contributed by atoms with Crippen LogP contribution in [0.3, 0.4) is 0 Å². The molecule has 0 bridgehead atoms. The third-order valence-electron chi connectivity index (χ3n) is 6.45. The fourth-order valence-corrected chi connectivity index (χ4v) is 4.10. The molecule has 3 aromatic carbocycles. The molecular formula is C30H32N6O2. The second-order valence-electron chi connectivity index (χ2n) is 10.3. The smallest absolute Gasteiger partial charge is 0.293 e. The number of carbonyl (C=O) groups is 1. The highest BCUT2D eigenvalue weighted by Gasteiger charge is 2.17. The minimum Gasteiger partial charge on any atom is -0.398 e. The molecule has 0 saturated heterocycles. The lowest BCUT2D eigenvalue weighted by Gasteiger charge is -2.19. The molecule has 0 aliphatic rings. The number of aryl methyl sites for hydroxylation is 1. The second-order valence-corrected chi connectivity index (χ2v) is 10.3. The predicted octanol–water partition coefficient (Wildman–Crippen LogP) is 5.63. The Morgan fingerprint density at radius 2 is 1.79 bits per heavy atom. The summed E-state index contributed by atoms with van der Waals surface area (Å²) < 4.78 is 1.46. The van der Waals surface area contributed by atoms with Crippen molar-refractivity contribution >= 4 is 35.0 Å². The van der Waals surface area contributed by atoms with Crippen LogP contribution in [0.2, 0.25) is 0 Å². The van der Waals surface area contributed by atoms with Crippen molar-refractivity contribution in [3.63, 3.8) is 0 Å². The van der Waals surface area contributed by atoms with Gasteiger partial charge < -0.3 is 26.3 Å². The van der Waals surface area contributed by atoms with Gasteiger partial charge in [0.05, 0.1) is 5.69 Å². The lowest BCUT2D eigenvalue weighted by atomic mass is 9.86. The summed E-state index contributed by atoms with van der Waals surface area (Å²) in [6.07, 6.45) is 2.82. The van der Waals surface area contributed by atoms with Crippen molar-refractivity contribution < 1.29 is 4.79 Å². The lowest BCUT2D eigenvalue weighted by Crippen LogP contribution is -2.21. The maximum atomic E-state index is 13.0. The number of aromatic nitrogens is 2. The van der Waals surface area contributed by atoms with Crippen LogP contribution >= 0.6 is 0 Å². The Bertz CT molecular complexity index is 1580. The third-order valence-corrected chi connectivity index (χ3v) is 6.45. The summed E-state index contributed by atoms with van der Waals surface area (Å²) in [4.78, 5) is 30.4. The summed E-state index contributed by atoms with van der Waals surface area (Å²) in [7, 11) is 1.66. The minimum atomic E-state index is -0.303. The average molecular weight is 509 g/mol. The Hall–Kier alpha value is -4.72. The van der Waals surface area contributed by atoms with Crippen molar-refractivity contribution in [1.82, 2.24) is 9.55 Å². The van der Waals surface area contributed by atoms with Gasteiger partial charge in [0.1, 0.15) is 0 Å². The first-order chi connectivity index (χ1) is 18.0. The van der Waals surface area contributed by atoms with Gasteiger partial charge in [0.2, 0.25) is 0 Å². The van der Waals surface area contributed by atoms with Gasteiger partial charge in [-0.25, -0.2) is 4.98 Å². The first-order valence-electron chi connectivity index (χ1n) is 12.2. The summed E-state index contributed by atoms with van der Waals surface area (Å²) in [6, 6.07) is 18.3. The quantitative estimate of drug-likeness (QED) is 0.198. The van der Waals surface area contributed by atoms with E-state index in [0.29, 0.717) is 33.9 Å². The highest BCUT2D eigenvalue weighted by atomic mass is 16.1. The summed E-state index contributed by atoms with van der Waals surface area (Å²) >= 11 is 0. The standard InChI is InChI=1S/C30H32N6O2/c1-18-23(7-6-8-25(18)35-28(37)19-9-11-21(12-10-19)30(2,3)4)26-17-36(5)29(38)27(34-26)33-22-13-14-24(32)20(15-22)16-31/h6-17,31H,32H2,1-5H3,(H,33,34)(H,35,37). The number of nitrogens with two attached hydrogens (primary N) is 1. The zero-order chi connectivity index (χ0) is 27.6. The molecule has 0 aliphatic heterocycles. The number of benzene rings is 3. The fourth-order valence-electron chi connectivity index (χ4n) is 4.10. The Balaban J connectivity index is 1.64. The summed E-state index contributed by atoms with van der Waals surface area (Å²) in [5.41, 5.74) is 11.7. The van der Waals surface area contributed by atoms with Crippen LogP contribution in [0, 0.1) is 12.3 Å². The van der Waals surface area contributed by atoms with E-state index in [1.54, 1.807) is 31.4 Å². The van der Waals surface area contributed by atoms with E-state index in [0.717, 1.165) is 22.9 Å². The molecule has 0 unspecified atom stereocenters. The van der Waals surface area contributed by atoms with E-state index in [9.17, 15) is 9.59 Å². The number of nitrogens with one attached hydrogen (secondary N) is 3. The first kappa shape index (κ1) is 26.3.